The van der Waals surface area contributed by atoms with E-state index in [1.807, 2.05) is 5.32 Å². The Hall–Kier alpha value is -1.89. The zero-order chi connectivity index (χ0) is 14.9. The lowest BCUT2D eigenvalue weighted by atomic mass is 10.2. The molecule has 2 rings (SSSR count). The van der Waals surface area contributed by atoms with Crippen LogP contribution in [0.15, 0.2) is 34.8 Å². The number of benzene rings is 2. The van der Waals surface area contributed by atoms with Crippen molar-refractivity contribution >= 4 is 27.5 Å². The van der Waals surface area contributed by atoms with Crippen LogP contribution in [0.25, 0.3) is 0 Å². The Morgan fingerprint density at radius 2 is 1.60 bits per heavy atom. The zero-order valence-electron chi connectivity index (χ0n) is 9.68. The summed E-state index contributed by atoms with van der Waals surface area (Å²) in [6.07, 6.45) is 0. The first-order chi connectivity index (χ1) is 9.40. The van der Waals surface area contributed by atoms with Crippen LogP contribution in [0.2, 0.25) is 0 Å². The molecule has 2 nitrogen and oxygen atoms in total. The summed E-state index contributed by atoms with van der Waals surface area (Å²) >= 11 is 2.98. The van der Waals surface area contributed by atoms with Gasteiger partial charge in [0.15, 0.2) is 11.6 Å². The molecule has 0 bridgehead atoms. The fourth-order valence-electron chi connectivity index (χ4n) is 1.52. The Labute approximate surface area is 119 Å². The fourth-order valence-corrected chi connectivity index (χ4v) is 2.04. The summed E-state index contributed by atoms with van der Waals surface area (Å²) in [4.78, 5) is 11.8. The monoisotopic (exact) mass is 347 g/mol. The maximum atomic E-state index is 13.5. The quantitative estimate of drug-likeness (QED) is 0.638. The van der Waals surface area contributed by atoms with Crippen LogP contribution in [-0.2, 0) is 0 Å². The van der Waals surface area contributed by atoms with Crippen molar-refractivity contribution < 1.29 is 22.4 Å². The van der Waals surface area contributed by atoms with Crippen molar-refractivity contribution in [1.82, 2.24) is 0 Å². The SMILES string of the molecule is O=C(Nc1cc(F)c(F)cc1F)c1c(F)cccc1Br. The van der Waals surface area contributed by atoms with Crippen LogP contribution in [0.1, 0.15) is 10.4 Å². The number of carbonyl (C=O) groups excluding carboxylic acids is 1. The number of nitrogens with one attached hydrogen (secondary N) is 1. The number of amides is 1. The van der Waals surface area contributed by atoms with Crippen molar-refractivity contribution in [3.05, 3.63) is 63.6 Å². The molecule has 1 N–H and O–H groups in total. The van der Waals surface area contributed by atoms with Crippen LogP contribution in [0, 0.1) is 23.3 Å². The fraction of sp³-hybridized carbons (Fsp3) is 0. The Morgan fingerprint density at radius 3 is 2.25 bits per heavy atom. The van der Waals surface area contributed by atoms with Crippen LogP contribution >= 0.6 is 15.9 Å². The summed E-state index contributed by atoms with van der Waals surface area (Å²) in [6.45, 7) is 0. The van der Waals surface area contributed by atoms with Crippen molar-refractivity contribution in [2.75, 3.05) is 5.32 Å². The molecule has 1 amide bonds. The average molecular weight is 348 g/mol. The molecular formula is C13H6BrF4NO. The molecule has 0 heterocycles. The van der Waals surface area contributed by atoms with E-state index in [-0.39, 0.29) is 10.0 Å². The lowest BCUT2D eigenvalue weighted by Crippen LogP contribution is -2.16. The van der Waals surface area contributed by atoms with Gasteiger partial charge in [-0.25, -0.2) is 17.6 Å². The van der Waals surface area contributed by atoms with E-state index in [4.69, 9.17) is 0 Å². The Morgan fingerprint density at radius 1 is 0.950 bits per heavy atom. The first kappa shape index (κ1) is 14.5. The van der Waals surface area contributed by atoms with E-state index in [1.54, 1.807) is 0 Å². The normalized spacial score (nSPS) is 10.4. The van der Waals surface area contributed by atoms with E-state index in [2.05, 4.69) is 15.9 Å². The molecule has 2 aromatic carbocycles. The smallest absolute Gasteiger partial charge is 0.259 e. The van der Waals surface area contributed by atoms with Crippen LogP contribution in [-0.4, -0.2) is 5.91 Å². The minimum atomic E-state index is -1.38. The third-order valence-corrected chi connectivity index (χ3v) is 3.11. The largest absolute Gasteiger partial charge is 0.319 e. The van der Waals surface area contributed by atoms with E-state index >= 15 is 0 Å². The molecule has 0 aliphatic carbocycles. The van der Waals surface area contributed by atoms with Gasteiger partial charge in [0.2, 0.25) is 0 Å². The minimum Gasteiger partial charge on any atom is -0.319 e. The van der Waals surface area contributed by atoms with Gasteiger partial charge in [-0.15, -0.1) is 0 Å². The zero-order valence-corrected chi connectivity index (χ0v) is 11.3. The standard InChI is InChI=1S/C13H6BrF4NO/c14-6-2-1-3-7(15)12(6)13(20)19-11-5-9(17)8(16)4-10(11)18/h1-5H,(H,19,20). The topological polar surface area (TPSA) is 29.1 Å². The van der Waals surface area contributed by atoms with Gasteiger partial charge in [0.1, 0.15) is 11.6 Å². The number of carbonyl (C=O) groups is 1. The Kier molecular flexibility index (Phi) is 4.08. The van der Waals surface area contributed by atoms with Crippen molar-refractivity contribution in [2.45, 2.75) is 0 Å². The first-order valence-electron chi connectivity index (χ1n) is 5.30. The summed E-state index contributed by atoms with van der Waals surface area (Å²) < 4.78 is 52.8. The molecule has 0 atom stereocenters. The molecule has 0 unspecified atom stereocenters. The van der Waals surface area contributed by atoms with E-state index < -0.39 is 34.9 Å². The number of halogens is 5. The highest BCUT2D eigenvalue weighted by atomic mass is 79.9. The van der Waals surface area contributed by atoms with E-state index in [0.29, 0.717) is 12.1 Å². The minimum absolute atomic E-state index is 0.151. The summed E-state index contributed by atoms with van der Waals surface area (Å²) in [5, 5.41) is 1.99. The van der Waals surface area contributed by atoms with Gasteiger partial charge in [0.25, 0.3) is 5.91 Å². The number of anilines is 1. The van der Waals surface area contributed by atoms with Gasteiger partial charge in [0, 0.05) is 16.6 Å². The van der Waals surface area contributed by atoms with Gasteiger partial charge >= 0.3 is 0 Å². The van der Waals surface area contributed by atoms with Gasteiger partial charge in [-0.1, -0.05) is 6.07 Å². The molecule has 20 heavy (non-hydrogen) atoms. The molecule has 104 valence electrons. The first-order valence-corrected chi connectivity index (χ1v) is 6.09. The molecular weight excluding hydrogens is 342 g/mol. The highest BCUT2D eigenvalue weighted by Crippen LogP contribution is 2.23. The summed E-state index contributed by atoms with van der Waals surface area (Å²) in [6, 6.07) is 4.61. The van der Waals surface area contributed by atoms with Crippen molar-refractivity contribution in [3.63, 3.8) is 0 Å². The third-order valence-electron chi connectivity index (χ3n) is 2.45. The van der Waals surface area contributed by atoms with Gasteiger partial charge in [-0.05, 0) is 28.1 Å². The van der Waals surface area contributed by atoms with Gasteiger partial charge in [0.05, 0.1) is 11.3 Å². The van der Waals surface area contributed by atoms with Crippen LogP contribution in [0.3, 0.4) is 0 Å². The molecule has 0 fully saturated rings. The summed E-state index contributed by atoms with van der Waals surface area (Å²) in [5.41, 5.74) is -0.944. The predicted molar refractivity (Wildman–Crippen MR) is 68.4 cm³/mol. The molecule has 2 aromatic rings. The molecule has 0 spiro atoms. The Balaban J connectivity index is 2.35. The molecule has 0 radical (unpaired) electrons. The second-order valence-corrected chi connectivity index (χ2v) is 4.65. The molecule has 7 heteroatoms. The van der Waals surface area contributed by atoms with Crippen LogP contribution in [0.4, 0.5) is 23.2 Å². The van der Waals surface area contributed by atoms with Crippen molar-refractivity contribution in [2.24, 2.45) is 0 Å². The molecule has 0 aliphatic rings. The summed E-state index contributed by atoms with van der Waals surface area (Å²) in [7, 11) is 0. The predicted octanol–water partition coefficient (Wildman–Crippen LogP) is 4.26. The van der Waals surface area contributed by atoms with E-state index in [0.717, 1.165) is 6.07 Å². The van der Waals surface area contributed by atoms with Gasteiger partial charge in [-0.3, -0.25) is 4.79 Å². The molecule has 0 aromatic heterocycles. The van der Waals surface area contributed by atoms with Gasteiger partial charge < -0.3 is 5.32 Å². The lowest BCUT2D eigenvalue weighted by molar-refractivity contribution is 0.102. The summed E-state index contributed by atoms with van der Waals surface area (Å²) in [5.74, 6) is -5.69. The lowest BCUT2D eigenvalue weighted by Gasteiger charge is -2.09. The van der Waals surface area contributed by atoms with Crippen molar-refractivity contribution in [1.29, 1.82) is 0 Å². The maximum Gasteiger partial charge on any atom is 0.259 e. The highest BCUT2D eigenvalue weighted by Gasteiger charge is 2.18. The number of hydrogen-bond acceptors (Lipinski definition) is 1. The van der Waals surface area contributed by atoms with Gasteiger partial charge in [-0.2, -0.15) is 0 Å². The second kappa shape index (κ2) is 5.62. The number of rotatable bonds is 2. The van der Waals surface area contributed by atoms with Crippen molar-refractivity contribution in [3.8, 4) is 0 Å². The third kappa shape index (κ3) is 2.82. The Bertz CT molecular complexity index is 670. The maximum absolute atomic E-state index is 13.5. The number of hydrogen-bond donors (Lipinski definition) is 1. The second-order valence-electron chi connectivity index (χ2n) is 3.80. The highest BCUT2D eigenvalue weighted by molar-refractivity contribution is 9.10. The van der Waals surface area contributed by atoms with Crippen LogP contribution < -0.4 is 5.32 Å². The molecule has 0 saturated carbocycles. The van der Waals surface area contributed by atoms with E-state index in [9.17, 15) is 22.4 Å². The van der Waals surface area contributed by atoms with Crippen LogP contribution in [0.5, 0.6) is 0 Å². The molecule has 0 saturated heterocycles. The molecule has 0 aliphatic heterocycles. The van der Waals surface area contributed by atoms with E-state index in [1.165, 1.54) is 12.1 Å². The average Bonchev–Trinajstić information content (AvgIpc) is 2.35.